The molecule has 1 aromatic heterocycles. The second-order valence-electron chi connectivity index (χ2n) is 13.7. The Morgan fingerprint density at radius 3 is 1.45 bits per heavy atom. The summed E-state index contributed by atoms with van der Waals surface area (Å²) in [6.45, 7) is 0. The molecule has 0 unspecified atom stereocenters. The van der Waals surface area contributed by atoms with E-state index in [1.165, 1.54) is 49.9 Å². The topological polar surface area (TPSA) is 25.8 Å². The molecule has 0 saturated heterocycles. The van der Waals surface area contributed by atoms with Crippen LogP contribution in [0.5, 0.6) is 0 Å². The van der Waals surface area contributed by atoms with E-state index in [4.69, 9.17) is 9.97 Å². The van der Waals surface area contributed by atoms with Gasteiger partial charge in [0.1, 0.15) is 0 Å². The van der Waals surface area contributed by atoms with Crippen molar-refractivity contribution in [2.75, 3.05) is 0 Å². The third kappa shape index (κ3) is 4.95. The lowest BCUT2D eigenvalue weighted by molar-refractivity contribution is 0.770. The van der Waals surface area contributed by atoms with Gasteiger partial charge in [-0.05, 0) is 61.3 Å². The number of rotatable bonds is 6. The van der Waals surface area contributed by atoms with E-state index >= 15 is 0 Å². The first-order chi connectivity index (χ1) is 26.3. The summed E-state index contributed by atoms with van der Waals surface area (Å²) in [4.78, 5) is 10.3. The van der Waals surface area contributed by atoms with Crippen LogP contribution < -0.4 is 0 Å². The van der Waals surface area contributed by atoms with Crippen molar-refractivity contribution in [2.45, 2.75) is 5.41 Å². The van der Waals surface area contributed by atoms with Gasteiger partial charge in [-0.15, -0.1) is 0 Å². The van der Waals surface area contributed by atoms with E-state index in [-0.39, 0.29) is 0 Å². The van der Waals surface area contributed by atoms with Gasteiger partial charge in [0.25, 0.3) is 0 Å². The molecule has 0 amide bonds. The summed E-state index contributed by atoms with van der Waals surface area (Å²) < 4.78 is 0. The van der Waals surface area contributed by atoms with E-state index < -0.39 is 5.41 Å². The molecule has 1 aliphatic rings. The monoisotopic (exact) mass is 674 g/mol. The second kappa shape index (κ2) is 12.7. The van der Waals surface area contributed by atoms with Crippen LogP contribution in [-0.4, -0.2) is 9.97 Å². The molecule has 1 heterocycles. The zero-order valence-corrected chi connectivity index (χ0v) is 29.0. The third-order valence-electron chi connectivity index (χ3n) is 10.8. The van der Waals surface area contributed by atoms with Gasteiger partial charge in [0.15, 0.2) is 5.82 Å². The van der Waals surface area contributed by atoms with E-state index in [9.17, 15) is 0 Å². The lowest BCUT2D eigenvalue weighted by atomic mass is 9.66. The number of fused-ring (bicyclic) bond motifs is 4. The molecule has 8 aromatic carbocycles. The smallest absolute Gasteiger partial charge is 0.160 e. The van der Waals surface area contributed by atoms with E-state index in [2.05, 4.69) is 182 Å². The normalized spacial score (nSPS) is 12.7. The first kappa shape index (κ1) is 30.9. The minimum absolute atomic E-state index is 0.507. The van der Waals surface area contributed by atoms with Gasteiger partial charge in [-0.2, -0.15) is 0 Å². The highest BCUT2D eigenvalue weighted by Gasteiger charge is 2.47. The zero-order chi connectivity index (χ0) is 35.2. The number of hydrogen-bond donors (Lipinski definition) is 0. The molecule has 10 rings (SSSR count). The maximum absolute atomic E-state index is 5.23. The highest BCUT2D eigenvalue weighted by atomic mass is 14.9. The summed E-state index contributed by atoms with van der Waals surface area (Å²) in [5.41, 5.74) is 14.5. The van der Waals surface area contributed by atoms with Crippen LogP contribution in [0.4, 0.5) is 0 Å². The molecule has 0 saturated carbocycles. The van der Waals surface area contributed by atoms with Crippen LogP contribution in [0.3, 0.4) is 0 Å². The molecule has 2 nitrogen and oxygen atoms in total. The summed E-state index contributed by atoms with van der Waals surface area (Å²) >= 11 is 0. The summed E-state index contributed by atoms with van der Waals surface area (Å²) in [6.07, 6.45) is 0. The van der Waals surface area contributed by atoms with E-state index in [1.807, 2.05) is 24.3 Å². The summed E-state index contributed by atoms with van der Waals surface area (Å²) in [6, 6.07) is 74.0. The first-order valence-electron chi connectivity index (χ1n) is 18.2. The molecular formula is C51H34N2. The largest absolute Gasteiger partial charge is 0.228 e. The Balaban J connectivity index is 1.24. The van der Waals surface area contributed by atoms with Crippen molar-refractivity contribution in [3.63, 3.8) is 0 Å². The molecule has 1 aliphatic carbocycles. The standard InChI is InChI=1S/C51H34N2/c1-5-18-35(19-6-1)47-34-48(53-50(52-47)36-20-7-2-8-21-36)43-33-32-41(39-26-13-14-27-40(39)43)44-29-17-30-45-42-28-15-16-31-46(42)51(49(44)45,37-22-9-3-10-23-37)38-24-11-4-12-25-38/h1-34H. The Bertz CT molecular complexity index is 2660. The SMILES string of the molecule is c1ccc(-c2cc(-c3ccc(-c4cccc5c4C(c4ccccc4)(c4ccccc4)c4ccccc4-5)c4ccccc34)nc(-c3ccccc3)n2)cc1. The molecule has 0 N–H and O–H groups in total. The molecule has 248 valence electrons. The minimum Gasteiger partial charge on any atom is -0.228 e. The Morgan fingerprint density at radius 1 is 0.321 bits per heavy atom. The van der Waals surface area contributed by atoms with Crippen molar-refractivity contribution in [1.29, 1.82) is 0 Å². The van der Waals surface area contributed by atoms with Gasteiger partial charge >= 0.3 is 0 Å². The maximum Gasteiger partial charge on any atom is 0.160 e. The molecular weight excluding hydrogens is 641 g/mol. The molecule has 0 radical (unpaired) electrons. The van der Waals surface area contributed by atoms with E-state index in [0.717, 1.165) is 33.5 Å². The molecule has 0 fully saturated rings. The number of aromatic nitrogens is 2. The van der Waals surface area contributed by atoms with Crippen LogP contribution in [0, 0.1) is 0 Å². The van der Waals surface area contributed by atoms with Gasteiger partial charge in [-0.3, -0.25) is 0 Å². The molecule has 2 heteroatoms. The van der Waals surface area contributed by atoms with Crippen molar-refractivity contribution >= 4 is 10.8 Å². The van der Waals surface area contributed by atoms with Crippen molar-refractivity contribution in [2.24, 2.45) is 0 Å². The number of benzene rings is 8. The zero-order valence-electron chi connectivity index (χ0n) is 29.0. The van der Waals surface area contributed by atoms with Crippen LogP contribution >= 0.6 is 0 Å². The van der Waals surface area contributed by atoms with Crippen LogP contribution in [0.1, 0.15) is 22.3 Å². The van der Waals surface area contributed by atoms with Gasteiger partial charge < -0.3 is 0 Å². The molecule has 53 heavy (non-hydrogen) atoms. The Morgan fingerprint density at radius 2 is 0.792 bits per heavy atom. The van der Waals surface area contributed by atoms with Gasteiger partial charge in [0.2, 0.25) is 0 Å². The first-order valence-corrected chi connectivity index (χ1v) is 18.2. The van der Waals surface area contributed by atoms with Crippen LogP contribution in [-0.2, 0) is 5.41 Å². The Hall–Kier alpha value is -6.90. The highest BCUT2D eigenvalue weighted by molar-refractivity contribution is 6.07. The van der Waals surface area contributed by atoms with E-state index in [0.29, 0.717) is 5.82 Å². The molecule has 9 aromatic rings. The highest BCUT2D eigenvalue weighted by Crippen LogP contribution is 2.59. The van der Waals surface area contributed by atoms with Crippen LogP contribution in [0.15, 0.2) is 206 Å². The molecule has 0 atom stereocenters. The fourth-order valence-electron chi connectivity index (χ4n) is 8.54. The molecule has 0 bridgehead atoms. The Labute approximate surface area is 309 Å². The predicted molar refractivity (Wildman–Crippen MR) is 219 cm³/mol. The van der Waals surface area contributed by atoms with Gasteiger partial charge in [-0.25, -0.2) is 9.97 Å². The predicted octanol–water partition coefficient (Wildman–Crippen LogP) is 12.7. The fraction of sp³-hybridized carbons (Fsp3) is 0.0196. The second-order valence-corrected chi connectivity index (χ2v) is 13.7. The summed E-state index contributed by atoms with van der Waals surface area (Å²) in [7, 11) is 0. The quantitative estimate of drug-likeness (QED) is 0.175. The minimum atomic E-state index is -0.507. The number of nitrogens with zero attached hydrogens (tertiary/aromatic N) is 2. The molecule has 0 aliphatic heterocycles. The third-order valence-corrected chi connectivity index (χ3v) is 10.8. The average Bonchev–Trinajstić information content (AvgIpc) is 3.56. The van der Waals surface area contributed by atoms with Gasteiger partial charge in [0.05, 0.1) is 16.8 Å². The summed E-state index contributed by atoms with van der Waals surface area (Å²) in [5, 5.41) is 2.34. The summed E-state index contributed by atoms with van der Waals surface area (Å²) in [5.74, 6) is 0.712. The van der Waals surface area contributed by atoms with Gasteiger partial charge in [0, 0.05) is 16.7 Å². The van der Waals surface area contributed by atoms with Crippen molar-refractivity contribution in [3.8, 4) is 56.2 Å². The number of hydrogen-bond acceptors (Lipinski definition) is 2. The van der Waals surface area contributed by atoms with Crippen molar-refractivity contribution in [3.05, 3.63) is 229 Å². The van der Waals surface area contributed by atoms with Crippen LogP contribution in [0.25, 0.3) is 66.9 Å². The fourth-order valence-corrected chi connectivity index (χ4v) is 8.54. The van der Waals surface area contributed by atoms with E-state index in [1.54, 1.807) is 0 Å². The lowest BCUT2D eigenvalue weighted by Crippen LogP contribution is -2.29. The maximum atomic E-state index is 5.23. The Kier molecular flexibility index (Phi) is 7.40. The van der Waals surface area contributed by atoms with Crippen molar-refractivity contribution < 1.29 is 0 Å². The molecule has 0 spiro atoms. The average molecular weight is 675 g/mol. The van der Waals surface area contributed by atoms with Gasteiger partial charge in [-0.1, -0.05) is 200 Å². The van der Waals surface area contributed by atoms with Crippen LogP contribution in [0.2, 0.25) is 0 Å². The lowest BCUT2D eigenvalue weighted by Gasteiger charge is -2.35. The van der Waals surface area contributed by atoms with Crippen molar-refractivity contribution in [1.82, 2.24) is 9.97 Å².